The fourth-order valence-corrected chi connectivity index (χ4v) is 2.77. The molecule has 1 amide bonds. The minimum atomic E-state index is -0.231. The first kappa shape index (κ1) is 14.6. The lowest BCUT2D eigenvalue weighted by Gasteiger charge is -2.08. The predicted octanol–water partition coefficient (Wildman–Crippen LogP) is 3.98. The Kier molecular flexibility index (Phi) is 4.67. The Morgan fingerprint density at radius 2 is 2.16 bits per heavy atom. The minimum Gasteiger partial charge on any atom is -0.375 e. The van der Waals surface area contributed by atoms with Gasteiger partial charge in [-0.2, -0.15) is 0 Å². The molecule has 0 aliphatic rings. The quantitative estimate of drug-likeness (QED) is 0.791. The van der Waals surface area contributed by atoms with Gasteiger partial charge in [0.05, 0.1) is 27.8 Å². The van der Waals surface area contributed by atoms with Crippen LogP contribution in [0, 0.1) is 0 Å². The van der Waals surface area contributed by atoms with Crippen LogP contribution in [0.4, 0.5) is 10.8 Å². The summed E-state index contributed by atoms with van der Waals surface area (Å²) in [5.74, 6) is -0.231. The number of amides is 1. The van der Waals surface area contributed by atoms with Crippen LogP contribution in [0.15, 0.2) is 22.0 Å². The highest BCUT2D eigenvalue weighted by Crippen LogP contribution is 2.35. The zero-order valence-electron chi connectivity index (χ0n) is 9.41. The van der Waals surface area contributed by atoms with Gasteiger partial charge in [0.1, 0.15) is 0 Å². The molecule has 0 radical (unpaired) electrons. The van der Waals surface area contributed by atoms with Gasteiger partial charge >= 0.3 is 0 Å². The highest BCUT2D eigenvalue weighted by atomic mass is 79.9. The molecule has 0 spiro atoms. The molecule has 1 heterocycles. The van der Waals surface area contributed by atoms with Gasteiger partial charge in [-0.25, -0.2) is 4.98 Å². The average Bonchev–Trinajstić information content (AvgIpc) is 2.75. The molecule has 0 saturated carbocycles. The van der Waals surface area contributed by atoms with E-state index in [-0.39, 0.29) is 12.3 Å². The number of nitrogen functional groups attached to an aromatic ring is 1. The Morgan fingerprint density at radius 1 is 1.42 bits per heavy atom. The summed E-state index contributed by atoms with van der Waals surface area (Å²) in [6.07, 6.45) is 0.137. The molecule has 19 heavy (non-hydrogen) atoms. The van der Waals surface area contributed by atoms with E-state index in [1.807, 2.05) is 0 Å². The number of nitrogens with one attached hydrogen (secondary N) is 1. The van der Waals surface area contributed by atoms with E-state index in [1.54, 1.807) is 17.5 Å². The first-order chi connectivity index (χ1) is 8.97. The molecule has 0 saturated heterocycles. The highest BCUT2D eigenvalue weighted by Gasteiger charge is 2.12. The number of nitrogens with zero attached hydrogens (tertiary/aromatic N) is 1. The van der Waals surface area contributed by atoms with Gasteiger partial charge in [-0.3, -0.25) is 4.79 Å². The Morgan fingerprint density at radius 3 is 2.79 bits per heavy atom. The van der Waals surface area contributed by atoms with Crippen molar-refractivity contribution in [2.24, 2.45) is 0 Å². The van der Waals surface area contributed by atoms with Gasteiger partial charge in [0, 0.05) is 9.85 Å². The number of hydrogen-bond acceptors (Lipinski definition) is 4. The average molecular weight is 381 g/mol. The number of aromatic nitrogens is 1. The molecule has 8 heteroatoms. The molecule has 1 aromatic carbocycles. The second-order valence-corrected chi connectivity index (χ2v) is 6.12. The molecule has 2 rings (SSSR count). The SMILES string of the molecule is Nc1nc(CC(=O)Nc2ccc(Br)c(Cl)c2Cl)cs1. The summed E-state index contributed by atoms with van der Waals surface area (Å²) in [4.78, 5) is 15.9. The van der Waals surface area contributed by atoms with Crippen LogP contribution in [-0.2, 0) is 11.2 Å². The van der Waals surface area contributed by atoms with Crippen molar-refractivity contribution in [3.8, 4) is 0 Å². The van der Waals surface area contributed by atoms with Crippen molar-refractivity contribution >= 4 is 67.2 Å². The smallest absolute Gasteiger partial charge is 0.230 e. The van der Waals surface area contributed by atoms with Crippen LogP contribution in [0.1, 0.15) is 5.69 Å². The molecule has 3 N–H and O–H groups in total. The Labute approximate surface area is 132 Å². The maximum absolute atomic E-state index is 11.8. The Hall–Kier alpha value is -0.820. The Bertz CT molecular complexity index is 632. The van der Waals surface area contributed by atoms with E-state index >= 15 is 0 Å². The number of rotatable bonds is 3. The van der Waals surface area contributed by atoms with Crippen molar-refractivity contribution in [1.29, 1.82) is 0 Å². The van der Waals surface area contributed by atoms with Crippen molar-refractivity contribution in [3.63, 3.8) is 0 Å². The molecular weight excluding hydrogens is 373 g/mol. The molecule has 2 aromatic rings. The monoisotopic (exact) mass is 379 g/mol. The molecule has 0 bridgehead atoms. The van der Waals surface area contributed by atoms with E-state index in [0.29, 0.717) is 31.0 Å². The van der Waals surface area contributed by atoms with Crippen LogP contribution in [0.2, 0.25) is 10.0 Å². The fraction of sp³-hybridized carbons (Fsp3) is 0.0909. The molecule has 0 aliphatic carbocycles. The van der Waals surface area contributed by atoms with Crippen molar-refractivity contribution in [2.75, 3.05) is 11.1 Å². The largest absolute Gasteiger partial charge is 0.375 e. The molecule has 0 aliphatic heterocycles. The molecule has 0 fully saturated rings. The summed E-state index contributed by atoms with van der Waals surface area (Å²) in [6, 6.07) is 3.39. The first-order valence-corrected chi connectivity index (χ1v) is 7.53. The zero-order chi connectivity index (χ0) is 14.0. The maximum Gasteiger partial charge on any atom is 0.230 e. The predicted molar refractivity (Wildman–Crippen MR) is 83.0 cm³/mol. The number of hydrogen-bond donors (Lipinski definition) is 2. The number of carbonyl (C=O) groups is 1. The number of anilines is 2. The Balaban J connectivity index is 2.09. The molecule has 4 nitrogen and oxygen atoms in total. The third-order valence-electron chi connectivity index (χ3n) is 2.22. The van der Waals surface area contributed by atoms with Crippen LogP contribution >= 0.6 is 50.5 Å². The summed E-state index contributed by atoms with van der Waals surface area (Å²) >= 11 is 16.6. The molecular formula is C11H8BrCl2N3OS. The van der Waals surface area contributed by atoms with Crippen molar-refractivity contribution in [1.82, 2.24) is 4.98 Å². The first-order valence-electron chi connectivity index (χ1n) is 5.10. The van der Waals surface area contributed by atoms with Gasteiger partial charge in [0.15, 0.2) is 5.13 Å². The van der Waals surface area contributed by atoms with Crippen molar-refractivity contribution in [3.05, 3.63) is 37.7 Å². The van der Waals surface area contributed by atoms with Gasteiger partial charge in [-0.05, 0) is 28.1 Å². The van der Waals surface area contributed by atoms with Gasteiger partial charge in [-0.1, -0.05) is 23.2 Å². The van der Waals surface area contributed by atoms with Crippen LogP contribution < -0.4 is 11.1 Å². The third kappa shape index (κ3) is 3.60. The normalized spacial score (nSPS) is 10.5. The van der Waals surface area contributed by atoms with Crippen LogP contribution in [0.25, 0.3) is 0 Å². The van der Waals surface area contributed by atoms with Gasteiger partial charge in [-0.15, -0.1) is 11.3 Å². The van der Waals surface area contributed by atoms with E-state index in [9.17, 15) is 4.79 Å². The van der Waals surface area contributed by atoms with E-state index in [4.69, 9.17) is 28.9 Å². The van der Waals surface area contributed by atoms with E-state index in [1.165, 1.54) is 11.3 Å². The highest BCUT2D eigenvalue weighted by molar-refractivity contribution is 9.10. The molecule has 0 atom stereocenters. The summed E-state index contributed by atoms with van der Waals surface area (Å²) in [7, 11) is 0. The van der Waals surface area contributed by atoms with Gasteiger partial charge in [0.25, 0.3) is 0 Å². The van der Waals surface area contributed by atoms with Crippen LogP contribution in [0.5, 0.6) is 0 Å². The zero-order valence-corrected chi connectivity index (χ0v) is 13.3. The molecule has 100 valence electrons. The lowest BCUT2D eigenvalue weighted by Crippen LogP contribution is -2.15. The van der Waals surface area contributed by atoms with Gasteiger partial charge < -0.3 is 11.1 Å². The third-order valence-corrected chi connectivity index (χ3v) is 4.71. The summed E-state index contributed by atoms with van der Waals surface area (Å²) in [6.45, 7) is 0. The lowest BCUT2D eigenvalue weighted by atomic mass is 10.3. The number of benzene rings is 1. The molecule has 1 aromatic heterocycles. The summed E-state index contributed by atoms with van der Waals surface area (Å²) in [5.41, 5.74) is 6.59. The maximum atomic E-state index is 11.8. The number of halogens is 3. The second kappa shape index (κ2) is 6.09. The number of thiazole rings is 1. The van der Waals surface area contributed by atoms with Crippen molar-refractivity contribution in [2.45, 2.75) is 6.42 Å². The summed E-state index contributed by atoms with van der Waals surface area (Å²) < 4.78 is 0.671. The topological polar surface area (TPSA) is 68.0 Å². The summed E-state index contributed by atoms with van der Waals surface area (Å²) in [5, 5.41) is 5.51. The van der Waals surface area contributed by atoms with Crippen LogP contribution in [-0.4, -0.2) is 10.9 Å². The molecule has 0 unspecified atom stereocenters. The van der Waals surface area contributed by atoms with E-state index in [0.717, 1.165) is 0 Å². The minimum absolute atomic E-state index is 0.137. The van der Waals surface area contributed by atoms with E-state index in [2.05, 4.69) is 26.2 Å². The van der Waals surface area contributed by atoms with E-state index < -0.39 is 0 Å². The lowest BCUT2D eigenvalue weighted by molar-refractivity contribution is -0.115. The van der Waals surface area contributed by atoms with Crippen molar-refractivity contribution < 1.29 is 4.79 Å². The van der Waals surface area contributed by atoms with Gasteiger partial charge in [0.2, 0.25) is 5.91 Å². The standard InChI is InChI=1S/C11H8BrCl2N3OS/c12-6-1-2-7(10(14)9(6)13)17-8(18)3-5-4-19-11(15)16-5/h1-2,4H,3H2,(H2,15,16)(H,17,18). The number of carbonyl (C=O) groups excluding carboxylic acids is 1. The van der Waals surface area contributed by atoms with Crippen LogP contribution in [0.3, 0.4) is 0 Å². The number of nitrogens with two attached hydrogens (primary N) is 1. The fourth-order valence-electron chi connectivity index (χ4n) is 1.39. The second-order valence-electron chi connectivity index (χ2n) is 3.62.